The monoisotopic (exact) mass is 533 g/mol. The van der Waals surface area contributed by atoms with Gasteiger partial charge in [-0.25, -0.2) is 17.8 Å². The maximum atomic E-state index is 13.4. The van der Waals surface area contributed by atoms with Gasteiger partial charge in [0.25, 0.3) is 10.0 Å². The zero-order valence-electron chi connectivity index (χ0n) is 18.8. The predicted octanol–water partition coefficient (Wildman–Crippen LogP) is 5.57. The number of nitrogens with one attached hydrogen (secondary N) is 1. The quantitative estimate of drug-likeness (QED) is 0.351. The zero-order valence-corrected chi connectivity index (χ0v) is 20.3. The number of carbonyl (C=O) groups excluding carboxylic acids is 1. The van der Waals surface area contributed by atoms with Crippen LogP contribution in [0.25, 0.3) is 16.9 Å². The second kappa shape index (κ2) is 9.79. The second-order valence-electron chi connectivity index (χ2n) is 8.02. The molecule has 1 heterocycles. The third kappa shape index (κ3) is 5.77. The second-order valence-corrected chi connectivity index (χ2v) is 10.1. The lowest BCUT2D eigenvalue weighted by Crippen LogP contribution is -2.31. The molecule has 0 fully saturated rings. The third-order valence-corrected chi connectivity index (χ3v) is 6.91. The Morgan fingerprint density at radius 2 is 1.58 bits per heavy atom. The highest BCUT2D eigenvalue weighted by molar-refractivity contribution is 7.90. The molecule has 1 aromatic heterocycles. The van der Waals surface area contributed by atoms with Crippen LogP contribution >= 0.6 is 11.6 Å². The molecular weight excluding hydrogens is 515 g/mol. The molecule has 1 N–H and O–H groups in total. The molecule has 186 valence electrons. The summed E-state index contributed by atoms with van der Waals surface area (Å²) in [6.07, 6.45) is -4.84. The van der Waals surface area contributed by atoms with Gasteiger partial charge >= 0.3 is 6.18 Å². The van der Waals surface area contributed by atoms with Gasteiger partial charge in [0.1, 0.15) is 0 Å². The van der Waals surface area contributed by atoms with Gasteiger partial charge in [-0.15, -0.1) is 0 Å². The molecule has 0 unspecified atom stereocenters. The maximum Gasteiger partial charge on any atom is 0.435 e. The van der Waals surface area contributed by atoms with Crippen molar-refractivity contribution in [2.75, 3.05) is 0 Å². The van der Waals surface area contributed by atoms with E-state index in [0.29, 0.717) is 16.1 Å². The molecule has 0 aliphatic heterocycles. The number of hydrogen-bond acceptors (Lipinski definition) is 4. The molecule has 3 aromatic carbocycles. The van der Waals surface area contributed by atoms with E-state index in [-0.39, 0.29) is 22.7 Å². The summed E-state index contributed by atoms with van der Waals surface area (Å²) in [5.74, 6) is -0.745. The topological polar surface area (TPSA) is 81.1 Å². The number of benzene rings is 3. The lowest BCUT2D eigenvalue weighted by atomic mass is 10.1. The Balaban J connectivity index is 1.60. The summed E-state index contributed by atoms with van der Waals surface area (Å²) in [4.78, 5) is 12.0. The van der Waals surface area contributed by atoms with Crippen molar-refractivity contribution in [1.82, 2.24) is 14.5 Å². The molecule has 0 atom stereocenters. The Morgan fingerprint density at radius 3 is 2.17 bits per heavy atom. The minimum Gasteiger partial charge on any atom is -0.274 e. The van der Waals surface area contributed by atoms with Crippen LogP contribution < -0.4 is 4.72 Å². The van der Waals surface area contributed by atoms with Gasteiger partial charge < -0.3 is 0 Å². The SMILES string of the molecule is Cc1ccc(-c2cc(C(F)(F)F)nn2-c2ccc(S(=O)(=O)NC(=O)Cc3ccc(Cl)cc3)cc2)cc1. The van der Waals surface area contributed by atoms with E-state index in [9.17, 15) is 26.4 Å². The Kier molecular flexibility index (Phi) is 6.92. The number of aryl methyl sites for hydroxylation is 1. The summed E-state index contributed by atoms with van der Waals surface area (Å²) in [6.45, 7) is 1.86. The summed E-state index contributed by atoms with van der Waals surface area (Å²) in [6, 6.07) is 19.2. The van der Waals surface area contributed by atoms with Crippen LogP contribution in [0.4, 0.5) is 13.2 Å². The van der Waals surface area contributed by atoms with E-state index in [1.54, 1.807) is 48.5 Å². The highest BCUT2D eigenvalue weighted by Gasteiger charge is 2.35. The number of sulfonamides is 1. The molecule has 0 saturated carbocycles. The molecule has 36 heavy (non-hydrogen) atoms. The summed E-state index contributed by atoms with van der Waals surface area (Å²) in [7, 11) is -4.21. The Hall–Kier alpha value is -3.63. The van der Waals surface area contributed by atoms with Gasteiger partial charge in [-0.1, -0.05) is 53.6 Å². The molecule has 0 aliphatic rings. The number of alkyl halides is 3. The summed E-state index contributed by atoms with van der Waals surface area (Å²) in [5.41, 5.74) is 1.35. The predicted molar refractivity (Wildman–Crippen MR) is 129 cm³/mol. The normalized spacial score (nSPS) is 11.9. The van der Waals surface area contributed by atoms with Crippen molar-refractivity contribution in [3.63, 3.8) is 0 Å². The number of amides is 1. The molecule has 0 aliphatic carbocycles. The largest absolute Gasteiger partial charge is 0.435 e. The van der Waals surface area contributed by atoms with Crippen LogP contribution in [-0.2, 0) is 27.4 Å². The van der Waals surface area contributed by atoms with Crippen LogP contribution in [0.1, 0.15) is 16.8 Å². The van der Waals surface area contributed by atoms with Gasteiger partial charge in [0.05, 0.1) is 22.7 Å². The fourth-order valence-corrected chi connectivity index (χ4v) is 4.56. The molecule has 4 rings (SSSR count). The van der Waals surface area contributed by atoms with E-state index in [1.807, 2.05) is 11.6 Å². The van der Waals surface area contributed by atoms with Crippen molar-refractivity contribution in [2.24, 2.45) is 0 Å². The van der Waals surface area contributed by atoms with E-state index in [0.717, 1.165) is 16.3 Å². The van der Waals surface area contributed by atoms with Crippen molar-refractivity contribution in [3.05, 3.63) is 101 Å². The first-order valence-corrected chi connectivity index (χ1v) is 12.4. The average molecular weight is 534 g/mol. The highest BCUT2D eigenvalue weighted by atomic mass is 35.5. The molecule has 4 aromatic rings. The maximum absolute atomic E-state index is 13.4. The number of rotatable bonds is 6. The van der Waals surface area contributed by atoms with E-state index in [1.165, 1.54) is 24.3 Å². The molecule has 11 heteroatoms. The Bertz CT molecular complexity index is 1500. The lowest BCUT2D eigenvalue weighted by molar-refractivity contribution is -0.141. The van der Waals surface area contributed by atoms with E-state index < -0.39 is 27.8 Å². The molecule has 0 bridgehead atoms. The zero-order chi connectivity index (χ0) is 26.1. The van der Waals surface area contributed by atoms with Gasteiger partial charge in [-0.05, 0) is 55.0 Å². The molecule has 0 saturated heterocycles. The van der Waals surface area contributed by atoms with Gasteiger partial charge in [0.15, 0.2) is 5.69 Å². The van der Waals surface area contributed by atoms with Gasteiger partial charge in [0.2, 0.25) is 5.91 Å². The average Bonchev–Trinajstić information content (AvgIpc) is 3.27. The summed E-state index contributed by atoms with van der Waals surface area (Å²) in [5, 5.41) is 4.19. The number of carbonyl (C=O) groups is 1. The van der Waals surface area contributed by atoms with Gasteiger partial charge in [-0.3, -0.25) is 4.79 Å². The van der Waals surface area contributed by atoms with Crippen molar-refractivity contribution in [3.8, 4) is 16.9 Å². The molecule has 0 spiro atoms. The lowest BCUT2D eigenvalue weighted by Gasteiger charge is -2.10. The Morgan fingerprint density at radius 1 is 0.972 bits per heavy atom. The van der Waals surface area contributed by atoms with Crippen LogP contribution in [-0.4, -0.2) is 24.1 Å². The van der Waals surface area contributed by atoms with Crippen LogP contribution in [0, 0.1) is 6.92 Å². The Labute approximate surface area is 210 Å². The van der Waals surface area contributed by atoms with E-state index in [2.05, 4.69) is 5.10 Å². The minimum atomic E-state index is -4.66. The number of halogens is 4. The third-order valence-electron chi connectivity index (χ3n) is 5.26. The van der Waals surface area contributed by atoms with Crippen LogP contribution in [0.3, 0.4) is 0 Å². The van der Waals surface area contributed by atoms with Crippen LogP contribution in [0.2, 0.25) is 5.02 Å². The summed E-state index contributed by atoms with van der Waals surface area (Å²) >= 11 is 5.81. The summed E-state index contributed by atoms with van der Waals surface area (Å²) < 4.78 is 68.6. The van der Waals surface area contributed by atoms with Crippen molar-refractivity contribution < 1.29 is 26.4 Å². The van der Waals surface area contributed by atoms with Crippen molar-refractivity contribution in [2.45, 2.75) is 24.4 Å². The number of nitrogens with zero attached hydrogens (tertiary/aromatic N) is 2. The van der Waals surface area contributed by atoms with Crippen LogP contribution in [0.15, 0.2) is 83.8 Å². The number of aromatic nitrogens is 2. The molecule has 0 radical (unpaired) electrons. The fourth-order valence-electron chi connectivity index (χ4n) is 3.45. The van der Waals surface area contributed by atoms with Crippen molar-refractivity contribution in [1.29, 1.82) is 0 Å². The van der Waals surface area contributed by atoms with Crippen molar-refractivity contribution >= 4 is 27.5 Å². The minimum absolute atomic E-state index is 0.179. The fraction of sp³-hybridized carbons (Fsp3) is 0.120. The standard InChI is InChI=1S/C25H19ClF3N3O3S/c1-16-2-6-18(7-3-16)22-15-23(25(27,28)29)30-32(22)20-10-12-21(13-11-20)36(34,35)31-24(33)14-17-4-8-19(26)9-5-17/h2-13,15H,14H2,1H3,(H,31,33). The molecule has 1 amide bonds. The first kappa shape index (κ1) is 25.5. The first-order valence-electron chi connectivity index (χ1n) is 10.6. The molecule has 6 nitrogen and oxygen atoms in total. The number of hydrogen-bond donors (Lipinski definition) is 1. The highest BCUT2D eigenvalue weighted by Crippen LogP contribution is 2.33. The van der Waals surface area contributed by atoms with Crippen LogP contribution in [0.5, 0.6) is 0 Å². The van der Waals surface area contributed by atoms with Gasteiger partial charge in [-0.2, -0.15) is 18.3 Å². The van der Waals surface area contributed by atoms with E-state index in [4.69, 9.17) is 11.6 Å². The first-order chi connectivity index (χ1) is 16.9. The van der Waals surface area contributed by atoms with Gasteiger partial charge in [0, 0.05) is 10.6 Å². The smallest absolute Gasteiger partial charge is 0.274 e. The van der Waals surface area contributed by atoms with E-state index >= 15 is 0 Å². The molecular formula is C25H19ClF3N3O3S.